The highest BCUT2D eigenvalue weighted by Gasteiger charge is 2.28. The molecule has 0 aromatic heterocycles. The Hall–Kier alpha value is -1.41. The van der Waals surface area contributed by atoms with Crippen molar-refractivity contribution in [1.29, 1.82) is 0 Å². The molecule has 1 aromatic carbocycles. The van der Waals surface area contributed by atoms with Gasteiger partial charge in [0.15, 0.2) is 17.4 Å². The van der Waals surface area contributed by atoms with Gasteiger partial charge in [-0.15, -0.1) is 13.2 Å². The summed E-state index contributed by atoms with van der Waals surface area (Å²) in [7, 11) is 1.61. The Morgan fingerprint density at radius 3 is 2.16 bits per heavy atom. The van der Waals surface area contributed by atoms with Crippen LogP contribution in [-0.4, -0.2) is 26.6 Å². The van der Waals surface area contributed by atoms with Crippen molar-refractivity contribution < 1.29 is 31.4 Å². The lowest BCUT2D eigenvalue weighted by Crippen LogP contribution is -2.18. The van der Waals surface area contributed by atoms with Gasteiger partial charge in [-0.25, -0.2) is 8.78 Å². The van der Waals surface area contributed by atoms with E-state index in [4.69, 9.17) is 0 Å². The third kappa shape index (κ3) is 5.39. The molecule has 0 saturated heterocycles. The summed E-state index contributed by atoms with van der Waals surface area (Å²) in [6.07, 6.45) is -4.79. The van der Waals surface area contributed by atoms with Crippen LogP contribution in [0.1, 0.15) is 5.56 Å². The molecular formula is C11H12F5NO2. The quantitative estimate of drug-likeness (QED) is 0.644. The van der Waals surface area contributed by atoms with E-state index in [-0.39, 0.29) is 6.54 Å². The normalized spacial score (nSPS) is 11.7. The van der Waals surface area contributed by atoms with Crippen molar-refractivity contribution in [2.75, 3.05) is 20.3 Å². The van der Waals surface area contributed by atoms with E-state index in [0.717, 1.165) is 12.1 Å². The van der Waals surface area contributed by atoms with E-state index in [1.165, 1.54) is 0 Å². The molecule has 8 heteroatoms. The van der Waals surface area contributed by atoms with Crippen LogP contribution in [0.15, 0.2) is 12.1 Å². The summed E-state index contributed by atoms with van der Waals surface area (Å²) in [4.78, 5) is 0. The van der Waals surface area contributed by atoms with Crippen LogP contribution in [0.3, 0.4) is 0 Å². The van der Waals surface area contributed by atoms with Crippen molar-refractivity contribution in [3.63, 3.8) is 0 Å². The van der Waals surface area contributed by atoms with Gasteiger partial charge in [-0.2, -0.15) is 0 Å². The van der Waals surface area contributed by atoms with Crippen molar-refractivity contribution in [3.8, 4) is 5.75 Å². The van der Waals surface area contributed by atoms with Crippen LogP contribution in [0.25, 0.3) is 0 Å². The first-order valence-electron chi connectivity index (χ1n) is 5.29. The van der Waals surface area contributed by atoms with E-state index in [1.54, 1.807) is 7.05 Å². The summed E-state index contributed by atoms with van der Waals surface area (Å²) in [5.74, 6) is -2.67. The molecule has 0 atom stereocenters. The zero-order valence-corrected chi connectivity index (χ0v) is 9.98. The van der Waals surface area contributed by atoms with Crippen LogP contribution in [0.2, 0.25) is 0 Å². The van der Waals surface area contributed by atoms with Crippen molar-refractivity contribution in [2.45, 2.75) is 12.9 Å². The lowest BCUT2D eigenvalue weighted by atomic mass is 10.2. The number of hydrogen-bond acceptors (Lipinski definition) is 3. The Morgan fingerprint density at radius 1 is 1.11 bits per heavy atom. The maximum atomic E-state index is 13.4. The summed E-state index contributed by atoms with van der Waals surface area (Å²) in [6.45, 7) is -1.20. The first kappa shape index (κ1) is 15.6. The third-order valence-corrected chi connectivity index (χ3v) is 2.03. The first-order chi connectivity index (χ1) is 8.83. The molecule has 1 rings (SSSR count). The van der Waals surface area contributed by atoms with Gasteiger partial charge in [-0.1, -0.05) is 0 Å². The van der Waals surface area contributed by atoms with Crippen molar-refractivity contribution >= 4 is 0 Å². The summed E-state index contributed by atoms with van der Waals surface area (Å²) < 4.78 is 69.8. The van der Waals surface area contributed by atoms with E-state index < -0.39 is 37.0 Å². The second-order valence-electron chi connectivity index (χ2n) is 3.56. The monoisotopic (exact) mass is 285 g/mol. The zero-order chi connectivity index (χ0) is 14.5. The minimum absolute atomic E-state index is 0.255. The van der Waals surface area contributed by atoms with Gasteiger partial charge >= 0.3 is 6.36 Å². The Balaban J connectivity index is 2.59. The molecule has 108 valence electrons. The van der Waals surface area contributed by atoms with Crippen molar-refractivity contribution in [3.05, 3.63) is 29.3 Å². The fourth-order valence-corrected chi connectivity index (χ4v) is 1.36. The van der Waals surface area contributed by atoms with Crippen LogP contribution < -0.4 is 10.1 Å². The van der Waals surface area contributed by atoms with Gasteiger partial charge in [-0.3, -0.25) is 4.74 Å². The maximum Gasteiger partial charge on any atom is 0.522 e. The SMILES string of the molecule is CNCc1cc(F)c(OCCOC(F)(F)F)c(F)c1. The zero-order valence-electron chi connectivity index (χ0n) is 9.98. The first-order valence-corrected chi connectivity index (χ1v) is 5.29. The van der Waals surface area contributed by atoms with Crippen LogP contribution in [0, 0.1) is 11.6 Å². The maximum absolute atomic E-state index is 13.4. The van der Waals surface area contributed by atoms with Crippen molar-refractivity contribution in [1.82, 2.24) is 5.32 Å². The van der Waals surface area contributed by atoms with Gasteiger partial charge in [0.25, 0.3) is 0 Å². The van der Waals surface area contributed by atoms with Gasteiger partial charge in [-0.05, 0) is 24.7 Å². The summed E-state index contributed by atoms with van der Waals surface area (Å²) >= 11 is 0. The van der Waals surface area contributed by atoms with Gasteiger partial charge in [0.1, 0.15) is 6.61 Å². The molecule has 0 bridgehead atoms. The Labute approximate surface area is 106 Å². The van der Waals surface area contributed by atoms with E-state index in [0.29, 0.717) is 5.56 Å². The predicted octanol–water partition coefficient (Wildman–Crippen LogP) is 2.60. The van der Waals surface area contributed by atoms with E-state index in [2.05, 4.69) is 14.8 Å². The number of nitrogens with one attached hydrogen (secondary N) is 1. The van der Waals surface area contributed by atoms with Crippen LogP contribution in [0.4, 0.5) is 22.0 Å². The smallest absolute Gasteiger partial charge is 0.485 e. The summed E-state index contributed by atoms with van der Waals surface area (Å²) in [5, 5.41) is 2.71. The number of ether oxygens (including phenoxy) is 2. The second-order valence-corrected chi connectivity index (χ2v) is 3.56. The predicted molar refractivity (Wildman–Crippen MR) is 56.6 cm³/mol. The van der Waals surface area contributed by atoms with E-state index in [9.17, 15) is 22.0 Å². The number of halogens is 5. The molecule has 0 spiro atoms. The van der Waals surface area contributed by atoms with Gasteiger partial charge in [0.05, 0.1) is 6.61 Å². The van der Waals surface area contributed by atoms with Gasteiger partial charge in [0.2, 0.25) is 0 Å². The molecule has 3 nitrogen and oxygen atoms in total. The molecule has 0 amide bonds. The van der Waals surface area contributed by atoms with Crippen LogP contribution >= 0.6 is 0 Å². The molecule has 19 heavy (non-hydrogen) atoms. The molecule has 0 saturated carbocycles. The highest BCUT2D eigenvalue weighted by atomic mass is 19.4. The fourth-order valence-electron chi connectivity index (χ4n) is 1.36. The summed E-state index contributed by atoms with van der Waals surface area (Å²) in [5.41, 5.74) is 0.358. The average molecular weight is 285 g/mol. The lowest BCUT2D eigenvalue weighted by molar-refractivity contribution is -0.325. The van der Waals surface area contributed by atoms with Crippen LogP contribution in [-0.2, 0) is 11.3 Å². The molecule has 1 N–H and O–H groups in total. The third-order valence-electron chi connectivity index (χ3n) is 2.03. The minimum Gasteiger partial charge on any atom is -0.485 e. The Kier molecular flexibility index (Phi) is 5.49. The van der Waals surface area contributed by atoms with Gasteiger partial charge < -0.3 is 10.1 Å². The van der Waals surface area contributed by atoms with Crippen LogP contribution in [0.5, 0.6) is 5.75 Å². The molecule has 1 aromatic rings. The summed E-state index contributed by atoms with van der Waals surface area (Å²) in [6, 6.07) is 2.08. The fraction of sp³-hybridized carbons (Fsp3) is 0.455. The number of benzene rings is 1. The molecule has 0 radical (unpaired) electrons. The molecule has 0 unspecified atom stereocenters. The van der Waals surface area contributed by atoms with E-state index >= 15 is 0 Å². The standard InChI is InChI=1S/C11H12F5NO2/c1-17-6-7-4-8(12)10(9(13)5-7)18-2-3-19-11(14,15)16/h4-5,17H,2-3,6H2,1H3. The average Bonchev–Trinajstić information content (AvgIpc) is 2.26. The molecule has 0 aliphatic heterocycles. The molecule has 0 aliphatic rings. The number of hydrogen-bond donors (Lipinski definition) is 1. The Morgan fingerprint density at radius 2 is 1.68 bits per heavy atom. The Bertz CT molecular complexity index is 399. The lowest BCUT2D eigenvalue weighted by Gasteiger charge is -2.11. The number of alkyl halides is 3. The molecule has 0 heterocycles. The second kappa shape index (κ2) is 6.67. The minimum atomic E-state index is -4.79. The molecule has 0 aliphatic carbocycles. The highest BCUT2D eigenvalue weighted by Crippen LogP contribution is 2.23. The molecule has 0 fully saturated rings. The van der Waals surface area contributed by atoms with Crippen molar-refractivity contribution in [2.24, 2.45) is 0 Å². The topological polar surface area (TPSA) is 30.5 Å². The highest BCUT2D eigenvalue weighted by molar-refractivity contribution is 5.31. The molecular weight excluding hydrogens is 273 g/mol. The number of rotatable bonds is 6. The largest absolute Gasteiger partial charge is 0.522 e. The van der Waals surface area contributed by atoms with E-state index in [1.807, 2.05) is 0 Å². The van der Waals surface area contributed by atoms with Gasteiger partial charge in [0, 0.05) is 6.54 Å².